The van der Waals surface area contributed by atoms with Gasteiger partial charge in [0.05, 0.1) is 6.04 Å². The number of oxime groups is 1. The summed E-state index contributed by atoms with van der Waals surface area (Å²) in [6.07, 6.45) is 2.25. The van der Waals surface area contributed by atoms with Crippen molar-refractivity contribution in [1.82, 2.24) is 4.90 Å². The van der Waals surface area contributed by atoms with Gasteiger partial charge in [0.2, 0.25) is 5.91 Å². The first-order valence-corrected chi connectivity index (χ1v) is 7.19. The number of carbonyl (C=O) groups is 1. The average molecular weight is 281 g/mol. The van der Waals surface area contributed by atoms with Crippen LogP contribution in [0.1, 0.15) is 37.1 Å². The number of amidine groups is 1. The van der Waals surface area contributed by atoms with Gasteiger partial charge in [-0.15, -0.1) is 11.3 Å². The number of nitrogens with zero attached hydrogens (tertiary/aromatic N) is 2. The summed E-state index contributed by atoms with van der Waals surface area (Å²) in [5, 5.41) is 13.9. The minimum atomic E-state index is -0.797. The van der Waals surface area contributed by atoms with Crippen LogP contribution in [-0.2, 0) is 4.79 Å². The van der Waals surface area contributed by atoms with E-state index in [-0.39, 0.29) is 17.8 Å². The van der Waals surface area contributed by atoms with Gasteiger partial charge in [0.15, 0.2) is 5.84 Å². The Morgan fingerprint density at radius 2 is 2.32 bits per heavy atom. The molecule has 1 aromatic rings. The highest BCUT2D eigenvalue weighted by molar-refractivity contribution is 7.10. The zero-order valence-corrected chi connectivity index (χ0v) is 12.0. The average Bonchev–Trinajstić information content (AvgIpc) is 2.88. The molecule has 1 heterocycles. The zero-order valence-electron chi connectivity index (χ0n) is 11.2. The molecule has 0 radical (unpaired) electrons. The van der Waals surface area contributed by atoms with Gasteiger partial charge in [0.1, 0.15) is 5.41 Å². The maximum Gasteiger partial charge on any atom is 0.236 e. The fraction of sp³-hybridized carbons (Fsp3) is 0.538. The number of nitrogens with two attached hydrogens (primary N) is 1. The minimum Gasteiger partial charge on any atom is -0.409 e. The molecule has 6 heteroatoms. The van der Waals surface area contributed by atoms with Crippen LogP contribution in [-0.4, -0.2) is 28.9 Å². The number of carbonyl (C=O) groups excluding carboxylic acids is 1. The summed E-state index contributed by atoms with van der Waals surface area (Å²) in [6, 6.07) is 3.98. The molecule has 104 valence electrons. The molecule has 1 atom stereocenters. The lowest BCUT2D eigenvalue weighted by atomic mass is 9.66. The van der Waals surface area contributed by atoms with E-state index < -0.39 is 5.41 Å². The molecule has 19 heavy (non-hydrogen) atoms. The van der Waals surface area contributed by atoms with E-state index in [4.69, 9.17) is 10.9 Å². The highest BCUT2D eigenvalue weighted by Gasteiger charge is 2.50. The maximum absolute atomic E-state index is 12.6. The van der Waals surface area contributed by atoms with E-state index in [0.29, 0.717) is 12.8 Å². The Bertz CT molecular complexity index is 480. The number of hydrogen-bond donors (Lipinski definition) is 2. The monoisotopic (exact) mass is 281 g/mol. The van der Waals surface area contributed by atoms with Gasteiger partial charge in [0.25, 0.3) is 0 Å². The van der Waals surface area contributed by atoms with Crippen molar-refractivity contribution in [3.63, 3.8) is 0 Å². The van der Waals surface area contributed by atoms with Crippen molar-refractivity contribution in [2.24, 2.45) is 16.3 Å². The molecular weight excluding hydrogens is 262 g/mol. The lowest BCUT2D eigenvalue weighted by molar-refractivity contribution is -0.142. The van der Waals surface area contributed by atoms with Crippen LogP contribution in [0.15, 0.2) is 22.7 Å². The fourth-order valence-corrected chi connectivity index (χ4v) is 3.27. The van der Waals surface area contributed by atoms with Crippen LogP contribution < -0.4 is 5.73 Å². The van der Waals surface area contributed by atoms with Crippen LogP contribution in [0.3, 0.4) is 0 Å². The summed E-state index contributed by atoms with van der Waals surface area (Å²) in [7, 11) is 1.78. The van der Waals surface area contributed by atoms with E-state index in [1.165, 1.54) is 0 Å². The van der Waals surface area contributed by atoms with Crippen molar-refractivity contribution in [2.75, 3.05) is 7.05 Å². The molecular formula is C13H19N3O2S. The van der Waals surface area contributed by atoms with Crippen LogP contribution in [0.2, 0.25) is 0 Å². The van der Waals surface area contributed by atoms with E-state index in [1.807, 2.05) is 24.4 Å². The summed E-state index contributed by atoms with van der Waals surface area (Å²) in [5.41, 5.74) is 4.93. The molecule has 3 N–H and O–H groups in total. The summed E-state index contributed by atoms with van der Waals surface area (Å²) in [5.74, 6) is -0.0241. The minimum absolute atomic E-state index is 0.00327. The first kappa shape index (κ1) is 13.9. The Kier molecular flexibility index (Phi) is 3.80. The van der Waals surface area contributed by atoms with Crippen LogP contribution >= 0.6 is 11.3 Å². The Hall–Kier alpha value is -1.56. The van der Waals surface area contributed by atoms with E-state index in [2.05, 4.69) is 5.16 Å². The van der Waals surface area contributed by atoms with Gasteiger partial charge in [-0.2, -0.15) is 0 Å². The van der Waals surface area contributed by atoms with E-state index >= 15 is 0 Å². The molecule has 1 aliphatic rings. The summed E-state index contributed by atoms with van der Waals surface area (Å²) in [4.78, 5) is 15.5. The van der Waals surface area contributed by atoms with Crippen molar-refractivity contribution >= 4 is 23.1 Å². The summed E-state index contributed by atoms with van der Waals surface area (Å²) < 4.78 is 0. The molecule has 1 amide bonds. The van der Waals surface area contributed by atoms with Crippen molar-refractivity contribution < 1.29 is 10.0 Å². The standard InChI is InChI=1S/C13H19N3O2S/c1-9(10-5-3-8-19-10)16(2)12(17)13(6-4-7-13)11(14)15-18/h3,5,8-9,18H,4,6-7H2,1-2H3,(H2,14,15). The van der Waals surface area contributed by atoms with Gasteiger partial charge in [-0.25, -0.2) is 0 Å². The second-order valence-electron chi connectivity index (χ2n) is 5.03. The zero-order chi connectivity index (χ0) is 14.0. The second-order valence-corrected chi connectivity index (χ2v) is 6.01. The van der Waals surface area contributed by atoms with Gasteiger partial charge in [-0.05, 0) is 31.2 Å². The Morgan fingerprint density at radius 1 is 1.63 bits per heavy atom. The topological polar surface area (TPSA) is 78.9 Å². The molecule has 0 spiro atoms. The van der Waals surface area contributed by atoms with Crippen LogP contribution in [0.4, 0.5) is 0 Å². The molecule has 1 aliphatic carbocycles. The van der Waals surface area contributed by atoms with Crippen LogP contribution in [0.5, 0.6) is 0 Å². The van der Waals surface area contributed by atoms with Crippen molar-refractivity contribution in [3.8, 4) is 0 Å². The van der Waals surface area contributed by atoms with Gasteiger partial charge in [0, 0.05) is 11.9 Å². The molecule has 5 nitrogen and oxygen atoms in total. The van der Waals surface area contributed by atoms with Crippen LogP contribution in [0.25, 0.3) is 0 Å². The molecule has 0 aliphatic heterocycles. The van der Waals surface area contributed by atoms with Gasteiger partial charge >= 0.3 is 0 Å². The fourth-order valence-electron chi connectivity index (χ4n) is 2.44. The predicted octanol–water partition coefficient (Wildman–Crippen LogP) is 2.18. The van der Waals surface area contributed by atoms with Crippen LogP contribution in [0, 0.1) is 5.41 Å². The molecule has 1 saturated carbocycles. The molecule has 1 fully saturated rings. The molecule has 0 saturated heterocycles. The van der Waals surface area contributed by atoms with Gasteiger partial charge in [-0.3, -0.25) is 4.79 Å². The maximum atomic E-state index is 12.6. The Labute approximate surface area is 116 Å². The van der Waals surface area contributed by atoms with Gasteiger partial charge in [-0.1, -0.05) is 17.6 Å². The SMILES string of the molecule is CC(c1cccs1)N(C)C(=O)C1(/C(N)=N/O)CCC1. The Balaban J connectivity index is 2.19. The summed E-state index contributed by atoms with van der Waals surface area (Å²) >= 11 is 1.62. The summed E-state index contributed by atoms with van der Waals surface area (Å²) in [6.45, 7) is 1.99. The molecule has 2 rings (SSSR count). The lowest BCUT2D eigenvalue weighted by Crippen LogP contribution is -2.54. The highest BCUT2D eigenvalue weighted by atomic mass is 32.1. The molecule has 0 aromatic carbocycles. The predicted molar refractivity (Wildman–Crippen MR) is 75.2 cm³/mol. The quantitative estimate of drug-likeness (QED) is 0.384. The third-order valence-electron chi connectivity index (χ3n) is 4.07. The Morgan fingerprint density at radius 3 is 2.74 bits per heavy atom. The first-order chi connectivity index (χ1) is 9.03. The van der Waals surface area contributed by atoms with Crippen molar-refractivity contribution in [3.05, 3.63) is 22.4 Å². The normalized spacial score (nSPS) is 19.6. The third-order valence-corrected chi connectivity index (χ3v) is 5.11. The molecule has 1 unspecified atom stereocenters. The van der Waals surface area contributed by atoms with Crippen molar-refractivity contribution in [1.29, 1.82) is 0 Å². The largest absolute Gasteiger partial charge is 0.409 e. The van der Waals surface area contributed by atoms with Crippen molar-refractivity contribution in [2.45, 2.75) is 32.2 Å². The number of rotatable bonds is 4. The van der Waals surface area contributed by atoms with E-state index in [9.17, 15) is 4.79 Å². The molecule has 1 aromatic heterocycles. The number of hydrogen-bond acceptors (Lipinski definition) is 4. The van der Waals surface area contributed by atoms with Gasteiger partial charge < -0.3 is 15.8 Å². The van der Waals surface area contributed by atoms with E-state index in [0.717, 1.165) is 11.3 Å². The molecule has 0 bridgehead atoms. The third kappa shape index (κ3) is 2.20. The lowest BCUT2D eigenvalue weighted by Gasteiger charge is -2.42. The smallest absolute Gasteiger partial charge is 0.236 e. The number of amides is 1. The van der Waals surface area contributed by atoms with E-state index in [1.54, 1.807) is 23.3 Å². The number of thiophene rings is 1. The highest BCUT2D eigenvalue weighted by Crippen LogP contribution is 2.44. The first-order valence-electron chi connectivity index (χ1n) is 6.31. The second kappa shape index (κ2) is 5.21.